The van der Waals surface area contributed by atoms with E-state index in [4.69, 9.17) is 10.7 Å². The third-order valence-corrected chi connectivity index (χ3v) is 4.08. The molecule has 3 rings (SSSR count). The molecule has 0 aliphatic carbocycles. The molecule has 0 saturated heterocycles. The lowest BCUT2D eigenvalue weighted by Gasteiger charge is -2.08. The van der Waals surface area contributed by atoms with Gasteiger partial charge in [-0.05, 0) is 44.0 Å². The van der Waals surface area contributed by atoms with Crippen LogP contribution < -0.4 is 5.73 Å². The lowest BCUT2D eigenvalue weighted by Crippen LogP contribution is -2.09. The van der Waals surface area contributed by atoms with Crippen LogP contribution in [0, 0.1) is 6.92 Å². The van der Waals surface area contributed by atoms with Crippen molar-refractivity contribution in [3.63, 3.8) is 0 Å². The number of imidazole rings is 1. The maximum absolute atomic E-state index is 5.68. The molecular weight excluding hydrogens is 270 g/mol. The van der Waals surface area contributed by atoms with Crippen molar-refractivity contribution in [1.82, 2.24) is 9.55 Å². The average molecular weight is 293 g/mol. The minimum absolute atomic E-state index is 0.712. The Kier molecular flexibility index (Phi) is 4.54. The minimum atomic E-state index is 0.712. The lowest BCUT2D eigenvalue weighted by atomic mass is 10.1. The summed E-state index contributed by atoms with van der Waals surface area (Å²) in [6.07, 6.45) is 2.96. The number of aryl methyl sites for hydroxylation is 4. The van der Waals surface area contributed by atoms with E-state index in [1.54, 1.807) is 0 Å². The van der Waals surface area contributed by atoms with E-state index in [1.165, 1.54) is 16.6 Å². The van der Waals surface area contributed by atoms with Gasteiger partial charge in [-0.2, -0.15) is 0 Å². The molecule has 0 fully saturated rings. The van der Waals surface area contributed by atoms with Crippen molar-refractivity contribution in [3.05, 3.63) is 65.5 Å². The first-order chi connectivity index (χ1) is 10.8. The van der Waals surface area contributed by atoms with Crippen LogP contribution in [0.25, 0.3) is 11.0 Å². The third kappa shape index (κ3) is 3.20. The molecule has 0 atom stereocenters. The largest absolute Gasteiger partial charge is 0.330 e. The van der Waals surface area contributed by atoms with Crippen LogP contribution in [0.4, 0.5) is 0 Å². The minimum Gasteiger partial charge on any atom is -0.330 e. The highest BCUT2D eigenvalue weighted by Gasteiger charge is 2.10. The second-order valence-corrected chi connectivity index (χ2v) is 5.80. The second kappa shape index (κ2) is 6.75. The van der Waals surface area contributed by atoms with Crippen LogP contribution in [0.3, 0.4) is 0 Å². The quantitative estimate of drug-likeness (QED) is 0.756. The number of rotatable bonds is 6. The zero-order chi connectivity index (χ0) is 15.4. The van der Waals surface area contributed by atoms with E-state index < -0.39 is 0 Å². The SMILES string of the molecule is Cc1ccc(CCc2nc3ccccc3n2CCCN)cc1. The monoisotopic (exact) mass is 293 g/mol. The number of aromatic nitrogens is 2. The Morgan fingerprint density at radius 2 is 1.77 bits per heavy atom. The summed E-state index contributed by atoms with van der Waals surface area (Å²) in [5.74, 6) is 1.16. The summed E-state index contributed by atoms with van der Waals surface area (Å²) in [6, 6.07) is 17.1. The Morgan fingerprint density at radius 3 is 2.55 bits per heavy atom. The summed E-state index contributed by atoms with van der Waals surface area (Å²) in [4.78, 5) is 4.82. The predicted molar refractivity (Wildman–Crippen MR) is 92.0 cm³/mol. The van der Waals surface area contributed by atoms with E-state index in [-0.39, 0.29) is 0 Å². The molecule has 22 heavy (non-hydrogen) atoms. The number of nitrogens with two attached hydrogens (primary N) is 1. The van der Waals surface area contributed by atoms with Gasteiger partial charge in [-0.25, -0.2) is 4.98 Å². The van der Waals surface area contributed by atoms with Crippen molar-refractivity contribution in [1.29, 1.82) is 0 Å². The Bertz CT molecular complexity index is 741. The number of nitrogens with zero attached hydrogens (tertiary/aromatic N) is 2. The Labute approximate surface area is 131 Å². The fraction of sp³-hybridized carbons (Fsp3) is 0.316. The molecule has 2 aromatic carbocycles. The van der Waals surface area contributed by atoms with E-state index >= 15 is 0 Å². The summed E-state index contributed by atoms with van der Waals surface area (Å²) in [5, 5.41) is 0. The molecule has 0 aliphatic heterocycles. The number of fused-ring (bicyclic) bond motifs is 1. The molecule has 1 aromatic heterocycles. The van der Waals surface area contributed by atoms with Crippen LogP contribution in [-0.2, 0) is 19.4 Å². The Morgan fingerprint density at radius 1 is 1.00 bits per heavy atom. The second-order valence-electron chi connectivity index (χ2n) is 5.80. The van der Waals surface area contributed by atoms with Gasteiger partial charge in [0.15, 0.2) is 0 Å². The van der Waals surface area contributed by atoms with Crippen molar-refractivity contribution in [3.8, 4) is 0 Å². The van der Waals surface area contributed by atoms with Crippen LogP contribution in [0.15, 0.2) is 48.5 Å². The van der Waals surface area contributed by atoms with E-state index in [0.717, 1.165) is 37.1 Å². The number of hydrogen-bond acceptors (Lipinski definition) is 2. The van der Waals surface area contributed by atoms with E-state index in [0.29, 0.717) is 6.54 Å². The summed E-state index contributed by atoms with van der Waals surface area (Å²) in [6.45, 7) is 3.78. The van der Waals surface area contributed by atoms with Crippen LogP contribution in [0.5, 0.6) is 0 Å². The van der Waals surface area contributed by atoms with E-state index in [9.17, 15) is 0 Å². The maximum atomic E-state index is 5.68. The highest BCUT2D eigenvalue weighted by molar-refractivity contribution is 5.75. The number of para-hydroxylation sites is 2. The molecule has 0 aliphatic rings. The van der Waals surface area contributed by atoms with Gasteiger partial charge in [0.1, 0.15) is 5.82 Å². The maximum Gasteiger partial charge on any atom is 0.110 e. The van der Waals surface area contributed by atoms with Crippen LogP contribution in [0.2, 0.25) is 0 Å². The molecule has 0 saturated carbocycles. The first kappa shape index (κ1) is 14.8. The van der Waals surface area contributed by atoms with Crippen LogP contribution in [-0.4, -0.2) is 16.1 Å². The third-order valence-electron chi connectivity index (χ3n) is 4.08. The van der Waals surface area contributed by atoms with Gasteiger partial charge in [0.05, 0.1) is 11.0 Å². The fourth-order valence-corrected chi connectivity index (χ4v) is 2.83. The predicted octanol–water partition coefficient (Wildman–Crippen LogP) is 3.48. The van der Waals surface area contributed by atoms with Crippen molar-refractivity contribution < 1.29 is 0 Å². The zero-order valence-electron chi connectivity index (χ0n) is 13.1. The molecule has 0 spiro atoms. The molecule has 114 valence electrons. The fourth-order valence-electron chi connectivity index (χ4n) is 2.83. The molecule has 2 N–H and O–H groups in total. The van der Waals surface area contributed by atoms with Gasteiger partial charge in [0.25, 0.3) is 0 Å². The summed E-state index contributed by atoms with van der Waals surface area (Å²) in [5.41, 5.74) is 10.7. The zero-order valence-corrected chi connectivity index (χ0v) is 13.1. The Balaban J connectivity index is 1.83. The van der Waals surface area contributed by atoms with Crippen molar-refractivity contribution in [2.75, 3.05) is 6.54 Å². The normalized spacial score (nSPS) is 11.2. The number of hydrogen-bond donors (Lipinski definition) is 1. The average Bonchev–Trinajstić information content (AvgIpc) is 2.90. The van der Waals surface area contributed by atoms with E-state index in [2.05, 4.69) is 54.0 Å². The first-order valence-corrected chi connectivity index (χ1v) is 7.97. The van der Waals surface area contributed by atoms with Gasteiger partial charge in [0, 0.05) is 13.0 Å². The molecule has 3 nitrogen and oxygen atoms in total. The van der Waals surface area contributed by atoms with Gasteiger partial charge < -0.3 is 10.3 Å². The molecule has 0 amide bonds. The van der Waals surface area contributed by atoms with Gasteiger partial charge >= 0.3 is 0 Å². The highest BCUT2D eigenvalue weighted by Crippen LogP contribution is 2.18. The van der Waals surface area contributed by atoms with Gasteiger partial charge in [-0.1, -0.05) is 42.0 Å². The van der Waals surface area contributed by atoms with Crippen LogP contribution >= 0.6 is 0 Å². The van der Waals surface area contributed by atoms with E-state index in [1.807, 2.05) is 6.07 Å². The first-order valence-electron chi connectivity index (χ1n) is 7.97. The van der Waals surface area contributed by atoms with Gasteiger partial charge in [-0.15, -0.1) is 0 Å². The van der Waals surface area contributed by atoms with Crippen molar-refractivity contribution >= 4 is 11.0 Å². The molecule has 0 radical (unpaired) electrons. The molecule has 1 heterocycles. The molecule has 3 heteroatoms. The lowest BCUT2D eigenvalue weighted by molar-refractivity contribution is 0.628. The molecule has 0 bridgehead atoms. The number of benzene rings is 2. The highest BCUT2D eigenvalue weighted by atomic mass is 15.1. The molecular formula is C19H23N3. The summed E-state index contributed by atoms with van der Waals surface area (Å²) < 4.78 is 2.33. The summed E-state index contributed by atoms with van der Waals surface area (Å²) in [7, 11) is 0. The van der Waals surface area contributed by atoms with Crippen molar-refractivity contribution in [2.24, 2.45) is 5.73 Å². The molecule has 3 aromatic rings. The summed E-state index contributed by atoms with van der Waals surface area (Å²) >= 11 is 0. The Hall–Kier alpha value is -2.13. The van der Waals surface area contributed by atoms with Gasteiger partial charge in [-0.3, -0.25) is 0 Å². The van der Waals surface area contributed by atoms with Crippen molar-refractivity contribution in [2.45, 2.75) is 32.7 Å². The smallest absolute Gasteiger partial charge is 0.110 e. The topological polar surface area (TPSA) is 43.8 Å². The van der Waals surface area contributed by atoms with Gasteiger partial charge in [0.2, 0.25) is 0 Å². The standard InChI is InChI=1S/C19H23N3/c1-15-7-9-16(10-8-15)11-12-19-21-17-5-2-3-6-18(17)22(19)14-4-13-20/h2-3,5-10H,4,11-14,20H2,1H3. The molecule has 0 unspecified atom stereocenters. The van der Waals surface area contributed by atoms with Crippen LogP contribution in [0.1, 0.15) is 23.4 Å².